The van der Waals surface area contributed by atoms with Gasteiger partial charge in [0.25, 0.3) is 0 Å². The van der Waals surface area contributed by atoms with Crippen molar-refractivity contribution in [2.75, 3.05) is 4.90 Å². The largest absolute Gasteiger partial charge is 0.364 e. The summed E-state index contributed by atoms with van der Waals surface area (Å²) in [6.45, 7) is 5.01. The van der Waals surface area contributed by atoms with Crippen LogP contribution in [0.5, 0.6) is 0 Å². The molecule has 1 aromatic carbocycles. The zero-order valence-electron chi connectivity index (χ0n) is 11.1. The fourth-order valence-electron chi connectivity index (χ4n) is 2.02. The number of anilines is 1. The quantitative estimate of drug-likeness (QED) is 0.699. The molecule has 0 fully saturated rings. The van der Waals surface area contributed by atoms with Gasteiger partial charge < -0.3 is 4.90 Å². The lowest BCUT2D eigenvalue weighted by Crippen LogP contribution is -2.29. The van der Waals surface area contributed by atoms with E-state index in [0.717, 1.165) is 17.8 Å². The Morgan fingerprint density at radius 1 is 1.32 bits per heavy atom. The molecule has 0 atom stereocenters. The van der Waals surface area contributed by atoms with Crippen LogP contribution in [-0.2, 0) is 12.4 Å². The first-order chi connectivity index (χ1) is 9.10. The van der Waals surface area contributed by atoms with Crippen LogP contribution in [0.25, 0.3) is 0 Å². The van der Waals surface area contributed by atoms with Crippen LogP contribution in [0.1, 0.15) is 24.3 Å². The molecule has 0 N–H and O–H groups in total. The van der Waals surface area contributed by atoms with Crippen LogP contribution in [0.4, 0.5) is 10.1 Å². The first-order valence-electron chi connectivity index (χ1n) is 6.24. The minimum atomic E-state index is -0.232. The van der Waals surface area contributed by atoms with Crippen molar-refractivity contribution >= 4 is 28.6 Å². The maximum Gasteiger partial charge on any atom is 0.125 e. The van der Waals surface area contributed by atoms with Gasteiger partial charge in [-0.05, 0) is 49.1 Å². The van der Waals surface area contributed by atoms with Gasteiger partial charge in [0.2, 0.25) is 0 Å². The Hall–Kier alpha value is -1.06. The molecule has 1 nitrogen and oxygen atoms in total. The summed E-state index contributed by atoms with van der Waals surface area (Å²) in [5.74, 6) is 0.0976. The van der Waals surface area contributed by atoms with E-state index in [1.807, 2.05) is 12.1 Å². The van der Waals surface area contributed by atoms with E-state index in [4.69, 9.17) is 11.6 Å². The number of hydrogen-bond acceptors (Lipinski definition) is 2. The van der Waals surface area contributed by atoms with Crippen molar-refractivity contribution in [3.63, 3.8) is 0 Å². The summed E-state index contributed by atoms with van der Waals surface area (Å²) in [7, 11) is 0. The molecule has 0 amide bonds. The van der Waals surface area contributed by atoms with E-state index in [-0.39, 0.29) is 5.82 Å². The third-order valence-electron chi connectivity index (χ3n) is 2.96. The van der Waals surface area contributed by atoms with E-state index >= 15 is 0 Å². The molecule has 0 saturated carbocycles. The molecule has 4 heteroatoms. The maximum atomic E-state index is 13.6. The maximum absolute atomic E-state index is 13.6. The van der Waals surface area contributed by atoms with Crippen molar-refractivity contribution in [2.24, 2.45) is 0 Å². The molecule has 1 heterocycles. The lowest BCUT2D eigenvalue weighted by molar-refractivity contribution is 0.621. The highest BCUT2D eigenvalue weighted by Crippen LogP contribution is 2.25. The van der Waals surface area contributed by atoms with Crippen molar-refractivity contribution in [2.45, 2.75) is 32.3 Å². The van der Waals surface area contributed by atoms with Gasteiger partial charge in [0, 0.05) is 22.5 Å². The third-order valence-corrected chi connectivity index (χ3v) is 4.13. The van der Waals surface area contributed by atoms with Gasteiger partial charge in [0.15, 0.2) is 0 Å². The number of thiophene rings is 1. The topological polar surface area (TPSA) is 3.24 Å². The number of rotatable bonds is 5. The lowest BCUT2D eigenvalue weighted by Gasteiger charge is -2.29. The van der Waals surface area contributed by atoms with Crippen LogP contribution in [0.2, 0.25) is 0 Å². The molecule has 0 aliphatic rings. The third kappa shape index (κ3) is 3.71. The van der Waals surface area contributed by atoms with Gasteiger partial charge in [-0.15, -0.1) is 22.9 Å². The van der Waals surface area contributed by atoms with Gasteiger partial charge in [0.1, 0.15) is 5.82 Å². The van der Waals surface area contributed by atoms with Crippen LogP contribution >= 0.6 is 22.9 Å². The van der Waals surface area contributed by atoms with Gasteiger partial charge in [-0.3, -0.25) is 0 Å². The fraction of sp³-hybridized carbons (Fsp3) is 0.333. The van der Waals surface area contributed by atoms with E-state index in [9.17, 15) is 4.39 Å². The van der Waals surface area contributed by atoms with Crippen LogP contribution in [0, 0.1) is 5.82 Å². The molecule has 19 heavy (non-hydrogen) atoms. The summed E-state index contributed by atoms with van der Waals surface area (Å²) in [5.41, 5.74) is 1.70. The molecule has 1 aromatic heterocycles. The number of alkyl halides is 1. The Morgan fingerprint density at radius 2 is 2.11 bits per heavy atom. The van der Waals surface area contributed by atoms with Crippen molar-refractivity contribution in [1.82, 2.24) is 0 Å². The number of benzene rings is 1. The highest BCUT2D eigenvalue weighted by Gasteiger charge is 2.13. The molecule has 0 aliphatic heterocycles. The molecule has 0 saturated heterocycles. The van der Waals surface area contributed by atoms with E-state index < -0.39 is 0 Å². The lowest BCUT2D eigenvalue weighted by atomic mass is 10.1. The normalized spacial score (nSPS) is 11.0. The summed E-state index contributed by atoms with van der Waals surface area (Å²) in [5, 5.41) is 2.06. The molecular formula is C15H17ClFNS. The van der Waals surface area contributed by atoms with E-state index in [0.29, 0.717) is 11.9 Å². The molecular weight excluding hydrogens is 281 g/mol. The smallest absolute Gasteiger partial charge is 0.125 e. The first-order valence-corrected chi connectivity index (χ1v) is 7.66. The Labute approximate surface area is 122 Å². The second kappa shape index (κ2) is 6.40. The average molecular weight is 298 g/mol. The summed E-state index contributed by atoms with van der Waals surface area (Å²) < 4.78 is 13.6. The molecule has 2 aromatic rings. The van der Waals surface area contributed by atoms with Crippen molar-refractivity contribution in [3.05, 3.63) is 52.0 Å². The van der Waals surface area contributed by atoms with Crippen molar-refractivity contribution in [3.8, 4) is 0 Å². The first kappa shape index (κ1) is 14.4. The predicted molar refractivity (Wildman–Crippen MR) is 81.6 cm³/mol. The SMILES string of the molecule is CC(C)N(Cc1cccs1)c1cc(F)cc(CCl)c1. The second-order valence-electron chi connectivity index (χ2n) is 4.75. The molecule has 0 spiro atoms. The van der Waals surface area contributed by atoms with Gasteiger partial charge in [-0.1, -0.05) is 6.07 Å². The van der Waals surface area contributed by atoms with Gasteiger partial charge in [0.05, 0.1) is 6.54 Å². The Bertz CT molecular complexity index is 525. The standard InChI is InChI=1S/C15H17ClFNS/c1-11(2)18(10-15-4-3-5-19-15)14-7-12(9-16)6-13(17)8-14/h3-8,11H,9-10H2,1-2H3. The number of hydrogen-bond donors (Lipinski definition) is 0. The van der Waals surface area contributed by atoms with Crippen molar-refractivity contribution < 1.29 is 4.39 Å². The average Bonchev–Trinajstić information content (AvgIpc) is 2.87. The summed E-state index contributed by atoms with van der Waals surface area (Å²) in [4.78, 5) is 3.45. The zero-order valence-corrected chi connectivity index (χ0v) is 12.6. The molecule has 0 unspecified atom stereocenters. The number of nitrogens with zero attached hydrogens (tertiary/aromatic N) is 1. The Balaban J connectivity index is 2.30. The van der Waals surface area contributed by atoms with Crippen LogP contribution in [0.3, 0.4) is 0 Å². The van der Waals surface area contributed by atoms with Crippen LogP contribution in [-0.4, -0.2) is 6.04 Å². The summed E-state index contributed by atoms with van der Waals surface area (Å²) in [6, 6.07) is 9.45. The molecule has 0 aliphatic carbocycles. The van der Waals surface area contributed by atoms with Crippen molar-refractivity contribution in [1.29, 1.82) is 0 Å². The van der Waals surface area contributed by atoms with E-state index in [1.54, 1.807) is 17.4 Å². The van der Waals surface area contributed by atoms with E-state index in [1.165, 1.54) is 10.9 Å². The highest BCUT2D eigenvalue weighted by molar-refractivity contribution is 7.09. The zero-order chi connectivity index (χ0) is 13.8. The minimum Gasteiger partial charge on any atom is -0.364 e. The van der Waals surface area contributed by atoms with E-state index in [2.05, 4.69) is 30.2 Å². The van der Waals surface area contributed by atoms with Gasteiger partial charge in [-0.25, -0.2) is 4.39 Å². The summed E-state index contributed by atoms with van der Waals surface area (Å²) >= 11 is 7.53. The second-order valence-corrected chi connectivity index (χ2v) is 6.05. The predicted octanol–water partition coefficient (Wildman–Crippen LogP) is 5.04. The Morgan fingerprint density at radius 3 is 2.68 bits per heavy atom. The highest BCUT2D eigenvalue weighted by atomic mass is 35.5. The van der Waals surface area contributed by atoms with Gasteiger partial charge in [-0.2, -0.15) is 0 Å². The number of halogens is 2. The monoisotopic (exact) mass is 297 g/mol. The van der Waals surface area contributed by atoms with Gasteiger partial charge >= 0.3 is 0 Å². The minimum absolute atomic E-state index is 0.232. The van der Waals surface area contributed by atoms with Crippen LogP contribution in [0.15, 0.2) is 35.7 Å². The molecule has 0 radical (unpaired) electrons. The fourth-order valence-corrected chi connectivity index (χ4v) is 2.88. The molecule has 102 valence electrons. The molecule has 0 bridgehead atoms. The molecule has 2 rings (SSSR count). The summed E-state index contributed by atoms with van der Waals surface area (Å²) in [6.07, 6.45) is 0. The van der Waals surface area contributed by atoms with Crippen LogP contribution < -0.4 is 4.90 Å². The Kier molecular flexibility index (Phi) is 4.83.